The summed E-state index contributed by atoms with van der Waals surface area (Å²) < 4.78 is 0. The van der Waals surface area contributed by atoms with E-state index in [2.05, 4.69) is 20.3 Å². The average molecular weight is 279 g/mol. The van der Waals surface area contributed by atoms with Gasteiger partial charge in [-0.05, 0) is 38.1 Å². The summed E-state index contributed by atoms with van der Waals surface area (Å²) in [4.78, 5) is 13.1. The zero-order valence-corrected chi connectivity index (χ0v) is 12.1. The molecule has 0 bridgehead atoms. The second-order valence-corrected chi connectivity index (χ2v) is 5.09. The van der Waals surface area contributed by atoms with E-state index in [4.69, 9.17) is 5.73 Å². The predicted octanol–water partition coefficient (Wildman–Crippen LogP) is 2.84. The van der Waals surface area contributed by atoms with Crippen molar-refractivity contribution in [3.63, 3.8) is 0 Å². The minimum atomic E-state index is 0.612. The molecule has 0 fully saturated rings. The third-order valence-electron chi connectivity index (χ3n) is 3.26. The normalized spacial score (nSPS) is 10.8. The average Bonchev–Trinajstić information content (AvgIpc) is 2.47. The Kier molecular flexibility index (Phi) is 3.39. The SMILES string of the molecule is Cc1cnc(CNc2cc(C)nc3ccc(N)cc23)cn1. The monoisotopic (exact) mass is 279 g/mol. The number of benzene rings is 1. The molecule has 3 aromatic rings. The highest BCUT2D eigenvalue weighted by Crippen LogP contribution is 2.25. The Morgan fingerprint density at radius 2 is 1.90 bits per heavy atom. The number of aryl methyl sites for hydroxylation is 2. The Balaban J connectivity index is 1.92. The molecule has 0 radical (unpaired) electrons. The summed E-state index contributed by atoms with van der Waals surface area (Å²) in [5, 5.41) is 4.41. The molecule has 5 nitrogen and oxygen atoms in total. The van der Waals surface area contributed by atoms with Gasteiger partial charge in [-0.1, -0.05) is 0 Å². The summed E-state index contributed by atoms with van der Waals surface area (Å²) in [5.74, 6) is 0. The standard InChI is InChI=1S/C16H17N5/c1-10-5-16(14-6-12(17)3-4-15(14)21-10)20-9-13-8-18-11(2)7-19-13/h3-8H,9,17H2,1-2H3,(H,20,21). The van der Waals surface area contributed by atoms with Crippen molar-refractivity contribution in [2.45, 2.75) is 20.4 Å². The zero-order chi connectivity index (χ0) is 14.8. The maximum absolute atomic E-state index is 5.88. The number of hydrogen-bond acceptors (Lipinski definition) is 5. The molecular formula is C16H17N5. The highest BCUT2D eigenvalue weighted by molar-refractivity contribution is 5.93. The number of aromatic nitrogens is 3. The summed E-state index contributed by atoms with van der Waals surface area (Å²) in [6.07, 6.45) is 3.55. The lowest BCUT2D eigenvalue weighted by Gasteiger charge is -2.11. The maximum atomic E-state index is 5.88. The molecule has 0 aliphatic carbocycles. The van der Waals surface area contributed by atoms with E-state index in [1.54, 1.807) is 12.4 Å². The highest BCUT2D eigenvalue weighted by atomic mass is 14.9. The molecule has 0 atom stereocenters. The van der Waals surface area contributed by atoms with Crippen LogP contribution in [0.15, 0.2) is 36.7 Å². The molecular weight excluding hydrogens is 262 g/mol. The van der Waals surface area contributed by atoms with E-state index in [9.17, 15) is 0 Å². The van der Waals surface area contributed by atoms with E-state index in [0.717, 1.165) is 39.4 Å². The molecule has 106 valence electrons. The van der Waals surface area contributed by atoms with Crippen molar-refractivity contribution in [3.05, 3.63) is 53.7 Å². The molecule has 0 aliphatic rings. The fraction of sp³-hybridized carbons (Fsp3) is 0.188. The minimum Gasteiger partial charge on any atom is -0.399 e. The molecule has 0 saturated carbocycles. The lowest BCUT2D eigenvalue weighted by atomic mass is 10.1. The van der Waals surface area contributed by atoms with Crippen molar-refractivity contribution in [1.82, 2.24) is 15.0 Å². The number of nitrogen functional groups attached to an aromatic ring is 1. The van der Waals surface area contributed by atoms with Gasteiger partial charge >= 0.3 is 0 Å². The van der Waals surface area contributed by atoms with Crippen LogP contribution in [0.25, 0.3) is 10.9 Å². The third-order valence-corrected chi connectivity index (χ3v) is 3.26. The van der Waals surface area contributed by atoms with Gasteiger partial charge in [-0.2, -0.15) is 0 Å². The van der Waals surface area contributed by atoms with E-state index in [1.165, 1.54) is 0 Å². The summed E-state index contributed by atoms with van der Waals surface area (Å²) in [5.41, 5.74) is 11.3. The third kappa shape index (κ3) is 2.91. The topological polar surface area (TPSA) is 76.7 Å². The van der Waals surface area contributed by atoms with Gasteiger partial charge in [0.2, 0.25) is 0 Å². The Morgan fingerprint density at radius 3 is 2.67 bits per heavy atom. The van der Waals surface area contributed by atoms with Crippen molar-refractivity contribution in [3.8, 4) is 0 Å². The largest absolute Gasteiger partial charge is 0.399 e. The highest BCUT2D eigenvalue weighted by Gasteiger charge is 2.05. The van der Waals surface area contributed by atoms with Crippen molar-refractivity contribution in [2.24, 2.45) is 0 Å². The number of nitrogens with two attached hydrogens (primary N) is 1. The number of rotatable bonds is 3. The first kappa shape index (κ1) is 13.3. The van der Waals surface area contributed by atoms with Crippen molar-refractivity contribution >= 4 is 22.3 Å². The molecule has 1 aromatic carbocycles. The number of hydrogen-bond donors (Lipinski definition) is 2. The summed E-state index contributed by atoms with van der Waals surface area (Å²) in [6, 6.07) is 7.76. The van der Waals surface area contributed by atoms with Crippen molar-refractivity contribution < 1.29 is 0 Å². The van der Waals surface area contributed by atoms with Crippen LogP contribution in [0.4, 0.5) is 11.4 Å². The number of anilines is 2. The van der Waals surface area contributed by atoms with Gasteiger partial charge in [0.25, 0.3) is 0 Å². The minimum absolute atomic E-state index is 0.612. The fourth-order valence-corrected chi connectivity index (χ4v) is 2.22. The van der Waals surface area contributed by atoms with Crippen LogP contribution in [-0.2, 0) is 6.54 Å². The quantitative estimate of drug-likeness (QED) is 0.721. The van der Waals surface area contributed by atoms with Crippen LogP contribution in [0.3, 0.4) is 0 Å². The molecule has 3 rings (SSSR count). The van der Waals surface area contributed by atoms with Crippen LogP contribution in [0.5, 0.6) is 0 Å². The van der Waals surface area contributed by atoms with Gasteiger partial charge in [-0.15, -0.1) is 0 Å². The second-order valence-electron chi connectivity index (χ2n) is 5.09. The molecule has 0 amide bonds. The summed E-state index contributed by atoms with van der Waals surface area (Å²) in [6.45, 7) is 4.51. The van der Waals surface area contributed by atoms with Gasteiger partial charge in [-0.25, -0.2) is 0 Å². The van der Waals surface area contributed by atoms with E-state index in [-0.39, 0.29) is 0 Å². The van der Waals surface area contributed by atoms with E-state index < -0.39 is 0 Å². The molecule has 0 unspecified atom stereocenters. The van der Waals surface area contributed by atoms with Gasteiger partial charge in [0.05, 0.1) is 29.6 Å². The van der Waals surface area contributed by atoms with Crippen LogP contribution >= 0.6 is 0 Å². The lowest BCUT2D eigenvalue weighted by molar-refractivity contribution is 0.985. The smallest absolute Gasteiger partial charge is 0.0777 e. The molecule has 0 spiro atoms. The van der Waals surface area contributed by atoms with Gasteiger partial charge in [0.15, 0.2) is 0 Å². The Morgan fingerprint density at radius 1 is 1.05 bits per heavy atom. The molecule has 2 aromatic heterocycles. The first-order chi connectivity index (χ1) is 10.1. The van der Waals surface area contributed by atoms with Crippen LogP contribution in [0.2, 0.25) is 0 Å². The lowest BCUT2D eigenvalue weighted by Crippen LogP contribution is -2.04. The predicted molar refractivity (Wildman–Crippen MR) is 85.0 cm³/mol. The van der Waals surface area contributed by atoms with Crippen molar-refractivity contribution in [1.29, 1.82) is 0 Å². The number of fused-ring (bicyclic) bond motifs is 1. The Labute approximate surface area is 123 Å². The Hall–Kier alpha value is -2.69. The molecule has 3 N–H and O–H groups in total. The van der Waals surface area contributed by atoms with Crippen LogP contribution < -0.4 is 11.1 Å². The van der Waals surface area contributed by atoms with E-state index in [0.29, 0.717) is 6.54 Å². The molecule has 5 heteroatoms. The summed E-state index contributed by atoms with van der Waals surface area (Å²) in [7, 11) is 0. The van der Waals surface area contributed by atoms with Gasteiger partial charge < -0.3 is 11.1 Å². The fourth-order valence-electron chi connectivity index (χ4n) is 2.22. The van der Waals surface area contributed by atoms with Gasteiger partial charge in [0.1, 0.15) is 0 Å². The second kappa shape index (κ2) is 5.36. The zero-order valence-electron chi connectivity index (χ0n) is 12.1. The molecule has 0 aliphatic heterocycles. The van der Waals surface area contributed by atoms with E-state index in [1.807, 2.05) is 38.1 Å². The van der Waals surface area contributed by atoms with E-state index >= 15 is 0 Å². The number of nitrogens with zero attached hydrogens (tertiary/aromatic N) is 3. The van der Waals surface area contributed by atoms with Gasteiger partial charge in [-0.3, -0.25) is 15.0 Å². The molecule has 0 saturated heterocycles. The van der Waals surface area contributed by atoms with Crippen LogP contribution in [-0.4, -0.2) is 15.0 Å². The van der Waals surface area contributed by atoms with Crippen LogP contribution in [0.1, 0.15) is 17.1 Å². The molecule has 21 heavy (non-hydrogen) atoms. The number of nitrogens with one attached hydrogen (secondary N) is 1. The Bertz CT molecular complexity index is 781. The van der Waals surface area contributed by atoms with Crippen LogP contribution in [0, 0.1) is 13.8 Å². The summed E-state index contributed by atoms with van der Waals surface area (Å²) >= 11 is 0. The maximum Gasteiger partial charge on any atom is 0.0777 e. The van der Waals surface area contributed by atoms with Gasteiger partial charge in [0, 0.05) is 28.7 Å². The first-order valence-electron chi connectivity index (χ1n) is 6.80. The first-order valence-corrected chi connectivity index (χ1v) is 6.80. The van der Waals surface area contributed by atoms with Crippen molar-refractivity contribution in [2.75, 3.05) is 11.1 Å². The number of pyridine rings is 1. The molecule has 2 heterocycles.